The van der Waals surface area contributed by atoms with Gasteiger partial charge in [0, 0.05) is 36.0 Å². The molecule has 2 atom stereocenters. The lowest BCUT2D eigenvalue weighted by Crippen LogP contribution is -2.42. The molecular weight excluding hydrogens is 440 g/mol. The third kappa shape index (κ3) is 9.51. The molecule has 2 N–H and O–H groups in total. The van der Waals surface area contributed by atoms with Crippen LogP contribution in [0.25, 0.3) is 0 Å². The van der Waals surface area contributed by atoms with Gasteiger partial charge in [0.15, 0.2) is 11.6 Å². The monoisotopic (exact) mass is 476 g/mol. The Labute approximate surface area is 200 Å². The first-order valence-corrected chi connectivity index (χ1v) is 14.0. The molecule has 1 fully saturated rings. The second-order valence-corrected chi connectivity index (χ2v) is 11.0. The predicted molar refractivity (Wildman–Crippen MR) is 136 cm³/mol. The Balaban J connectivity index is 2.04. The Morgan fingerprint density at radius 1 is 1.03 bits per heavy atom. The van der Waals surface area contributed by atoms with Crippen LogP contribution >= 0.6 is 21.6 Å². The second-order valence-electron chi connectivity index (χ2n) is 8.20. The zero-order chi connectivity index (χ0) is 23.2. The average molecular weight is 477 g/mol. The molecule has 0 radical (unpaired) electrons. The maximum Gasteiger partial charge on any atom is 0.224 e. The highest BCUT2D eigenvalue weighted by Gasteiger charge is 2.29. The molecule has 0 heterocycles. The normalized spacial score (nSPS) is 22.8. The van der Waals surface area contributed by atoms with Gasteiger partial charge in [-0.1, -0.05) is 83.9 Å². The summed E-state index contributed by atoms with van der Waals surface area (Å²) in [6.07, 6.45) is 17.9. The van der Waals surface area contributed by atoms with Crippen LogP contribution in [0.15, 0.2) is 48.1 Å². The lowest BCUT2D eigenvalue weighted by molar-refractivity contribution is -0.138. The van der Waals surface area contributed by atoms with E-state index in [2.05, 4.69) is 6.92 Å². The molecule has 2 unspecified atom stereocenters. The third-order valence-corrected chi connectivity index (χ3v) is 8.33. The van der Waals surface area contributed by atoms with Crippen molar-refractivity contribution in [3.05, 3.63) is 48.1 Å². The molecule has 7 heteroatoms. The zero-order valence-electron chi connectivity index (χ0n) is 19.0. The fourth-order valence-electron chi connectivity index (χ4n) is 3.98. The molecule has 0 aromatic carbocycles. The number of hydrogen-bond acceptors (Lipinski definition) is 6. The van der Waals surface area contributed by atoms with Crippen LogP contribution in [0.4, 0.5) is 0 Å². The number of nitrogens with two attached hydrogens (primary N) is 1. The molecule has 0 aliphatic heterocycles. The summed E-state index contributed by atoms with van der Waals surface area (Å²) in [5, 5.41) is 0. The SMILES string of the molecule is CCSSCC1CCCCC(C(=O)CN(CC(=O)C2=C/C=C\C=C/C=C2)C(=O)CCN)C1. The largest absolute Gasteiger partial charge is 0.330 e. The summed E-state index contributed by atoms with van der Waals surface area (Å²) in [4.78, 5) is 40.2. The molecule has 5 nitrogen and oxygen atoms in total. The number of rotatable bonds is 12. The predicted octanol–water partition coefficient (Wildman–Crippen LogP) is 4.51. The van der Waals surface area contributed by atoms with Gasteiger partial charge in [0.25, 0.3) is 0 Å². The summed E-state index contributed by atoms with van der Waals surface area (Å²) in [6, 6.07) is 0. The van der Waals surface area contributed by atoms with Gasteiger partial charge in [-0.05, 0) is 25.2 Å². The van der Waals surface area contributed by atoms with Crippen molar-refractivity contribution in [2.75, 3.05) is 31.1 Å². The van der Waals surface area contributed by atoms with Gasteiger partial charge in [0.1, 0.15) is 0 Å². The van der Waals surface area contributed by atoms with Crippen molar-refractivity contribution in [2.45, 2.75) is 45.4 Å². The van der Waals surface area contributed by atoms with Gasteiger partial charge < -0.3 is 10.6 Å². The van der Waals surface area contributed by atoms with E-state index in [0.29, 0.717) is 11.5 Å². The van der Waals surface area contributed by atoms with E-state index in [-0.39, 0.29) is 49.4 Å². The molecule has 0 aromatic heterocycles. The number of carbonyl (C=O) groups is 3. The van der Waals surface area contributed by atoms with Crippen molar-refractivity contribution >= 4 is 39.1 Å². The van der Waals surface area contributed by atoms with Gasteiger partial charge in [-0.3, -0.25) is 14.4 Å². The van der Waals surface area contributed by atoms with Crippen LogP contribution < -0.4 is 5.73 Å². The lowest BCUT2D eigenvalue weighted by Gasteiger charge is -2.25. The lowest BCUT2D eigenvalue weighted by atomic mass is 9.90. The molecule has 0 bridgehead atoms. The van der Waals surface area contributed by atoms with Crippen molar-refractivity contribution in [3.63, 3.8) is 0 Å². The number of allylic oxidation sites excluding steroid dienone is 7. The number of carbonyl (C=O) groups excluding carboxylic acids is 3. The van der Waals surface area contributed by atoms with E-state index >= 15 is 0 Å². The second kappa shape index (κ2) is 15.3. The number of ketones is 2. The van der Waals surface area contributed by atoms with E-state index in [9.17, 15) is 14.4 Å². The highest BCUT2D eigenvalue weighted by atomic mass is 33.1. The highest BCUT2D eigenvalue weighted by Crippen LogP contribution is 2.33. The van der Waals surface area contributed by atoms with Crippen molar-refractivity contribution in [1.82, 2.24) is 4.90 Å². The van der Waals surface area contributed by atoms with Gasteiger partial charge in [0.05, 0.1) is 13.1 Å². The van der Waals surface area contributed by atoms with Crippen LogP contribution in [0, 0.1) is 11.8 Å². The molecule has 176 valence electrons. The summed E-state index contributed by atoms with van der Waals surface area (Å²) in [7, 11) is 3.77. The number of nitrogens with zero attached hydrogens (tertiary/aromatic N) is 1. The Hall–Kier alpha value is -1.57. The molecular formula is C25H36N2O3S2. The van der Waals surface area contributed by atoms with Gasteiger partial charge in [-0.15, -0.1) is 0 Å². The summed E-state index contributed by atoms with van der Waals surface area (Å²) in [5.41, 5.74) is 6.11. The molecule has 0 saturated heterocycles. The van der Waals surface area contributed by atoms with E-state index in [1.165, 1.54) is 4.90 Å². The van der Waals surface area contributed by atoms with Crippen LogP contribution in [0.5, 0.6) is 0 Å². The van der Waals surface area contributed by atoms with E-state index in [0.717, 1.165) is 43.6 Å². The first-order valence-electron chi connectivity index (χ1n) is 11.5. The van der Waals surface area contributed by atoms with E-state index in [1.54, 1.807) is 24.3 Å². The zero-order valence-corrected chi connectivity index (χ0v) is 20.7. The molecule has 2 rings (SSSR count). The van der Waals surface area contributed by atoms with Crippen molar-refractivity contribution < 1.29 is 14.4 Å². The van der Waals surface area contributed by atoms with E-state index < -0.39 is 0 Å². The fourth-order valence-corrected chi connectivity index (χ4v) is 6.11. The Morgan fingerprint density at radius 2 is 1.78 bits per heavy atom. The third-order valence-electron chi connectivity index (χ3n) is 5.70. The summed E-state index contributed by atoms with van der Waals surface area (Å²) in [6.45, 7) is 2.25. The number of Topliss-reactive ketones (excluding diaryl/α,β-unsaturated/α-hetero) is 2. The smallest absolute Gasteiger partial charge is 0.224 e. The highest BCUT2D eigenvalue weighted by molar-refractivity contribution is 8.76. The summed E-state index contributed by atoms with van der Waals surface area (Å²) >= 11 is 0. The Morgan fingerprint density at radius 3 is 2.56 bits per heavy atom. The van der Waals surface area contributed by atoms with Gasteiger partial charge >= 0.3 is 0 Å². The first kappa shape index (κ1) is 26.7. The molecule has 2 aliphatic carbocycles. The van der Waals surface area contributed by atoms with Gasteiger partial charge in [-0.25, -0.2) is 0 Å². The molecule has 32 heavy (non-hydrogen) atoms. The van der Waals surface area contributed by atoms with E-state index in [4.69, 9.17) is 5.73 Å². The van der Waals surface area contributed by atoms with Crippen LogP contribution in [0.1, 0.15) is 45.4 Å². The average Bonchev–Trinajstić information content (AvgIpc) is 2.99. The van der Waals surface area contributed by atoms with Gasteiger partial charge in [0.2, 0.25) is 5.91 Å². The minimum Gasteiger partial charge on any atom is -0.330 e. The number of amides is 1. The van der Waals surface area contributed by atoms with Crippen molar-refractivity contribution in [3.8, 4) is 0 Å². The topological polar surface area (TPSA) is 80.5 Å². The van der Waals surface area contributed by atoms with E-state index in [1.807, 2.05) is 39.8 Å². The number of hydrogen-bond donors (Lipinski definition) is 1. The van der Waals surface area contributed by atoms with Crippen LogP contribution in [-0.2, 0) is 14.4 Å². The quantitative estimate of drug-likeness (QED) is 0.254. The molecule has 1 saturated carbocycles. The van der Waals surface area contributed by atoms with Crippen molar-refractivity contribution in [1.29, 1.82) is 0 Å². The maximum absolute atomic E-state index is 13.2. The van der Waals surface area contributed by atoms with Crippen LogP contribution in [0.2, 0.25) is 0 Å². The van der Waals surface area contributed by atoms with Crippen molar-refractivity contribution in [2.24, 2.45) is 17.6 Å². The maximum atomic E-state index is 13.2. The Bertz CT molecular complexity index is 758. The molecule has 1 amide bonds. The molecule has 0 aromatic rings. The van der Waals surface area contributed by atoms with Crippen LogP contribution in [-0.4, -0.2) is 53.5 Å². The standard InChI is InChI=1S/C25H36N2O3S2/c1-2-31-32-19-20-10-8-9-13-22(16-20)24(29)18-27(25(30)14-15-26)17-23(28)21-11-6-4-3-5-7-12-21/h3-7,11-12,20,22H,2,8-10,13-19,26H2,1H3/b4-3-,5-3?,6-4?,7-5-,11-6?,12-7?,21-11?,21-12?. The van der Waals surface area contributed by atoms with Crippen LogP contribution in [0.3, 0.4) is 0 Å². The Kier molecular flexibility index (Phi) is 12.8. The fraction of sp³-hybridized carbons (Fsp3) is 0.560. The minimum atomic E-state index is -0.236. The minimum absolute atomic E-state index is 0.00838. The molecule has 0 spiro atoms. The summed E-state index contributed by atoms with van der Waals surface area (Å²) < 4.78 is 0. The first-order chi connectivity index (χ1) is 15.5. The molecule has 2 aliphatic rings. The summed E-state index contributed by atoms with van der Waals surface area (Å²) in [5.74, 6) is 2.32. The van der Waals surface area contributed by atoms with Gasteiger partial charge in [-0.2, -0.15) is 0 Å².